The van der Waals surface area contributed by atoms with Crippen molar-refractivity contribution >= 4 is 21.8 Å². The van der Waals surface area contributed by atoms with E-state index in [0.717, 1.165) is 51.0 Å². The van der Waals surface area contributed by atoms with E-state index >= 15 is 0 Å². The second-order valence-electron chi connectivity index (χ2n) is 11.4. The van der Waals surface area contributed by atoms with E-state index in [4.69, 9.17) is 14.6 Å². The molecule has 3 aromatic heterocycles. The normalized spacial score (nSPS) is 11.1. The number of hydrogen-bond donors (Lipinski definition) is 0. The minimum absolute atomic E-state index is 0. The molecule has 7 heteroatoms. The molecule has 0 radical (unpaired) electrons. The molecule has 0 saturated carbocycles. The molecule has 0 atom stereocenters. The number of nitrogens with zero attached hydrogens (tertiary/aromatic N) is 4. The van der Waals surface area contributed by atoms with Gasteiger partial charge in [0.05, 0.1) is 13.3 Å². The topological polar surface area (TPSA) is 54.1 Å². The van der Waals surface area contributed by atoms with Crippen LogP contribution in [0.25, 0.3) is 44.4 Å². The van der Waals surface area contributed by atoms with Crippen LogP contribution in [0.3, 0.4) is 0 Å². The van der Waals surface area contributed by atoms with E-state index in [1.807, 2.05) is 59.4 Å². The number of pyridine rings is 1. The van der Waals surface area contributed by atoms with Gasteiger partial charge in [-0.2, -0.15) is 17.2 Å². The third kappa shape index (κ3) is 5.98. The fourth-order valence-electron chi connectivity index (χ4n) is 6.19. The van der Waals surface area contributed by atoms with Crippen molar-refractivity contribution in [2.75, 3.05) is 7.11 Å². The molecular formula is C39H34N4O2Pt. The van der Waals surface area contributed by atoms with Crippen LogP contribution in [0.2, 0.25) is 0 Å². The van der Waals surface area contributed by atoms with Gasteiger partial charge in [-0.1, -0.05) is 49.2 Å². The molecule has 0 N–H and O–H groups in total. The van der Waals surface area contributed by atoms with Crippen LogP contribution < -0.4 is 9.47 Å². The van der Waals surface area contributed by atoms with E-state index in [1.54, 1.807) is 13.3 Å². The first kappa shape index (κ1) is 31.3. The van der Waals surface area contributed by atoms with Crippen LogP contribution in [0.1, 0.15) is 36.5 Å². The first-order valence-electron chi connectivity index (χ1n) is 15.3. The van der Waals surface area contributed by atoms with Crippen molar-refractivity contribution in [3.8, 4) is 39.9 Å². The largest absolute Gasteiger partial charge is 2.00 e. The average Bonchev–Trinajstić information content (AvgIpc) is 3.67. The van der Waals surface area contributed by atoms with Gasteiger partial charge in [0.25, 0.3) is 0 Å². The summed E-state index contributed by atoms with van der Waals surface area (Å²) in [5, 5.41) is 6.87. The number of unbranched alkanes of at least 4 members (excludes halogenated alkanes) is 1. The van der Waals surface area contributed by atoms with Crippen molar-refractivity contribution in [3.05, 3.63) is 126 Å². The van der Waals surface area contributed by atoms with E-state index in [1.165, 1.54) is 35.1 Å². The summed E-state index contributed by atoms with van der Waals surface area (Å²) in [6.45, 7) is 6.61. The van der Waals surface area contributed by atoms with Gasteiger partial charge >= 0.3 is 21.1 Å². The van der Waals surface area contributed by atoms with Crippen LogP contribution >= 0.6 is 0 Å². The molecule has 0 aliphatic rings. The summed E-state index contributed by atoms with van der Waals surface area (Å²) in [4.78, 5) is 4.65. The quantitative estimate of drug-likeness (QED) is 0.137. The van der Waals surface area contributed by atoms with Gasteiger partial charge < -0.3 is 14.0 Å². The van der Waals surface area contributed by atoms with Crippen molar-refractivity contribution in [3.63, 3.8) is 0 Å². The van der Waals surface area contributed by atoms with Gasteiger partial charge in [-0.3, -0.25) is 4.68 Å². The van der Waals surface area contributed by atoms with Crippen LogP contribution in [0.5, 0.6) is 17.2 Å². The SMILES string of the molecule is CCCCc1cc(C)c(-c2cnn(-c3[c-]c(Oc4[c-]c5c(cc4)c4ccccc4n5-c4cc(OC)ccn4)ccc3)c2)c(C)c1.[Pt+2]. The van der Waals surface area contributed by atoms with Crippen LogP contribution in [-0.2, 0) is 27.5 Å². The van der Waals surface area contributed by atoms with Gasteiger partial charge in [0.2, 0.25) is 0 Å². The van der Waals surface area contributed by atoms with Crippen LogP contribution in [0.4, 0.5) is 0 Å². The summed E-state index contributed by atoms with van der Waals surface area (Å²) in [5.74, 6) is 2.65. The van der Waals surface area contributed by atoms with Crippen molar-refractivity contribution < 1.29 is 30.5 Å². The number of aromatic nitrogens is 4. The van der Waals surface area contributed by atoms with Crippen molar-refractivity contribution in [1.82, 2.24) is 19.3 Å². The molecule has 4 aromatic carbocycles. The minimum Gasteiger partial charge on any atom is -0.509 e. The predicted molar refractivity (Wildman–Crippen MR) is 180 cm³/mol. The average molecular weight is 786 g/mol. The summed E-state index contributed by atoms with van der Waals surface area (Å²) >= 11 is 0. The Bertz CT molecular complexity index is 2140. The monoisotopic (exact) mass is 785 g/mol. The smallest absolute Gasteiger partial charge is 0.509 e. The van der Waals surface area contributed by atoms with Gasteiger partial charge in [-0.25, -0.2) is 4.98 Å². The standard InChI is InChI=1S/C39H34N4O2.Pt/c1-5-6-10-28-19-26(2)39(27(3)20-28)29-24-41-42(25-29)30-11-9-12-32(21-30)45-33-15-16-35-34-13-7-8-14-36(34)43(37(35)22-33)38-23-31(44-4)17-18-40-38;/h7-9,11-20,23-25H,5-6,10H2,1-4H3;/q-2;+2. The van der Waals surface area contributed by atoms with Crippen molar-refractivity contribution in [2.24, 2.45) is 0 Å². The first-order valence-corrected chi connectivity index (χ1v) is 15.3. The molecule has 0 saturated heterocycles. The maximum absolute atomic E-state index is 6.34. The number of aryl methyl sites for hydroxylation is 3. The zero-order chi connectivity index (χ0) is 30.9. The third-order valence-electron chi connectivity index (χ3n) is 8.24. The fraction of sp³-hybridized carbons (Fsp3) is 0.179. The summed E-state index contributed by atoms with van der Waals surface area (Å²) in [7, 11) is 1.66. The summed E-state index contributed by atoms with van der Waals surface area (Å²) < 4.78 is 15.8. The third-order valence-corrected chi connectivity index (χ3v) is 8.24. The van der Waals surface area contributed by atoms with E-state index in [-0.39, 0.29) is 21.1 Å². The van der Waals surface area contributed by atoms with Crippen LogP contribution in [0, 0.1) is 26.0 Å². The zero-order valence-corrected chi connectivity index (χ0v) is 28.6. The molecule has 0 unspecified atom stereocenters. The molecule has 232 valence electrons. The molecule has 0 bridgehead atoms. The molecule has 46 heavy (non-hydrogen) atoms. The Morgan fingerprint density at radius 2 is 1.65 bits per heavy atom. The summed E-state index contributed by atoms with van der Waals surface area (Å²) in [6.07, 6.45) is 9.26. The maximum Gasteiger partial charge on any atom is 2.00 e. The second kappa shape index (κ2) is 13.4. The molecule has 0 spiro atoms. The van der Waals surface area contributed by atoms with E-state index in [0.29, 0.717) is 11.5 Å². The number of para-hydroxylation sites is 1. The van der Waals surface area contributed by atoms with Crippen LogP contribution in [-0.4, -0.2) is 26.4 Å². The van der Waals surface area contributed by atoms with E-state index in [9.17, 15) is 0 Å². The van der Waals surface area contributed by atoms with Gasteiger partial charge in [-0.15, -0.1) is 35.7 Å². The van der Waals surface area contributed by atoms with E-state index in [2.05, 4.69) is 79.0 Å². The predicted octanol–water partition coefficient (Wildman–Crippen LogP) is 9.39. The van der Waals surface area contributed by atoms with Gasteiger partial charge in [-0.05, 0) is 72.1 Å². The number of benzene rings is 4. The number of fused-ring (bicyclic) bond motifs is 3. The Balaban J connectivity index is 0.00000372. The Morgan fingerprint density at radius 1 is 0.848 bits per heavy atom. The van der Waals surface area contributed by atoms with Gasteiger partial charge in [0.15, 0.2) is 0 Å². The maximum atomic E-state index is 6.34. The molecule has 0 aliphatic carbocycles. The summed E-state index contributed by atoms with van der Waals surface area (Å²) in [5.41, 5.74) is 8.96. The molecule has 7 rings (SSSR count). The van der Waals surface area contributed by atoms with Crippen LogP contribution in [0.15, 0.2) is 97.5 Å². The Kier molecular flexibility index (Phi) is 9.10. The fourth-order valence-corrected chi connectivity index (χ4v) is 6.19. The second-order valence-corrected chi connectivity index (χ2v) is 11.4. The minimum atomic E-state index is 0. The number of methoxy groups -OCH3 is 1. The van der Waals surface area contributed by atoms with Crippen molar-refractivity contribution in [1.29, 1.82) is 0 Å². The molecule has 7 aromatic rings. The molecule has 0 fully saturated rings. The number of rotatable bonds is 9. The Morgan fingerprint density at radius 3 is 2.46 bits per heavy atom. The number of hydrogen-bond acceptors (Lipinski definition) is 4. The van der Waals surface area contributed by atoms with Gasteiger partial charge in [0, 0.05) is 41.0 Å². The number of ether oxygens (including phenoxy) is 2. The molecule has 6 nitrogen and oxygen atoms in total. The molecule has 0 amide bonds. The molecule has 0 aliphatic heterocycles. The molecular weight excluding hydrogens is 752 g/mol. The summed E-state index contributed by atoms with van der Waals surface area (Å²) in [6, 6.07) is 33.4. The Labute approximate surface area is 283 Å². The zero-order valence-electron chi connectivity index (χ0n) is 26.3. The van der Waals surface area contributed by atoms with E-state index < -0.39 is 0 Å². The Hall–Kier alpha value is -4.67. The van der Waals surface area contributed by atoms with Gasteiger partial charge in [0.1, 0.15) is 11.6 Å². The first-order chi connectivity index (χ1) is 22.0. The van der Waals surface area contributed by atoms with Crippen molar-refractivity contribution in [2.45, 2.75) is 40.0 Å². The molecule has 3 heterocycles.